The number of anilines is 1. The number of carbonyl (C=O) groups excluding carboxylic acids is 2. The minimum Gasteiger partial charge on any atom is -0.365 e. The molecule has 3 rings (SSSR count). The maximum atomic E-state index is 14.4. The van der Waals surface area contributed by atoms with Crippen LogP contribution in [-0.2, 0) is 7.05 Å². The Labute approximate surface area is 147 Å². The van der Waals surface area contributed by atoms with E-state index in [1.54, 1.807) is 13.1 Å². The van der Waals surface area contributed by atoms with E-state index in [1.807, 2.05) is 0 Å². The Morgan fingerprint density at radius 3 is 2.31 bits per heavy atom. The van der Waals surface area contributed by atoms with Crippen molar-refractivity contribution in [3.8, 4) is 11.1 Å². The van der Waals surface area contributed by atoms with Crippen molar-refractivity contribution in [1.29, 1.82) is 0 Å². The first-order valence-corrected chi connectivity index (χ1v) is 7.55. The van der Waals surface area contributed by atoms with Crippen molar-refractivity contribution in [2.75, 3.05) is 5.32 Å². The molecule has 0 saturated heterocycles. The van der Waals surface area contributed by atoms with Gasteiger partial charge in [-0.3, -0.25) is 14.3 Å². The second kappa shape index (κ2) is 6.75. The standard InChI is InChI=1S/C18H14F2N4O2/c1-24-9-14(16(21)25)17(23-24)22-18(26)13-7-4-11(8-15(13)20)10-2-5-12(19)6-3-10/h2-9H,1H3,(H2,21,25)(H,22,23,26). The Kier molecular flexibility index (Phi) is 4.49. The molecule has 0 saturated carbocycles. The van der Waals surface area contributed by atoms with Gasteiger partial charge in [0.05, 0.1) is 5.56 Å². The van der Waals surface area contributed by atoms with Crippen LogP contribution in [0.3, 0.4) is 0 Å². The molecule has 0 unspecified atom stereocenters. The molecule has 3 aromatic rings. The van der Waals surface area contributed by atoms with Crippen LogP contribution in [0.4, 0.5) is 14.6 Å². The number of aryl methyl sites for hydroxylation is 1. The van der Waals surface area contributed by atoms with E-state index in [0.29, 0.717) is 11.1 Å². The number of nitrogens with two attached hydrogens (primary N) is 1. The van der Waals surface area contributed by atoms with E-state index in [0.717, 1.165) is 0 Å². The normalized spacial score (nSPS) is 10.6. The van der Waals surface area contributed by atoms with Crippen LogP contribution in [0.15, 0.2) is 48.7 Å². The quantitative estimate of drug-likeness (QED) is 0.753. The van der Waals surface area contributed by atoms with Crippen LogP contribution in [-0.4, -0.2) is 21.6 Å². The van der Waals surface area contributed by atoms with Gasteiger partial charge in [-0.25, -0.2) is 8.78 Å². The largest absolute Gasteiger partial charge is 0.365 e. The van der Waals surface area contributed by atoms with Gasteiger partial charge < -0.3 is 11.1 Å². The van der Waals surface area contributed by atoms with Gasteiger partial charge in [-0.15, -0.1) is 0 Å². The fourth-order valence-corrected chi connectivity index (χ4v) is 2.46. The lowest BCUT2D eigenvalue weighted by Crippen LogP contribution is -2.18. The Bertz CT molecular complexity index is 997. The molecule has 1 heterocycles. The van der Waals surface area contributed by atoms with Gasteiger partial charge in [0, 0.05) is 13.2 Å². The number of primary amides is 1. The second-order valence-corrected chi connectivity index (χ2v) is 5.58. The van der Waals surface area contributed by atoms with Gasteiger partial charge in [0.15, 0.2) is 5.82 Å². The van der Waals surface area contributed by atoms with Crippen molar-refractivity contribution in [2.24, 2.45) is 12.8 Å². The number of halogens is 2. The maximum Gasteiger partial charge on any atom is 0.259 e. The third kappa shape index (κ3) is 3.44. The van der Waals surface area contributed by atoms with Crippen molar-refractivity contribution >= 4 is 17.6 Å². The number of benzene rings is 2. The lowest BCUT2D eigenvalue weighted by Gasteiger charge is -2.07. The highest BCUT2D eigenvalue weighted by molar-refractivity contribution is 6.08. The summed E-state index contributed by atoms with van der Waals surface area (Å²) in [5, 5.41) is 6.30. The summed E-state index contributed by atoms with van der Waals surface area (Å²) in [7, 11) is 1.56. The molecule has 0 fully saturated rings. The molecular weight excluding hydrogens is 342 g/mol. The highest BCUT2D eigenvalue weighted by atomic mass is 19.1. The first-order chi connectivity index (χ1) is 12.3. The first-order valence-electron chi connectivity index (χ1n) is 7.55. The van der Waals surface area contributed by atoms with Crippen LogP contribution < -0.4 is 11.1 Å². The summed E-state index contributed by atoms with van der Waals surface area (Å²) in [6.07, 6.45) is 1.35. The second-order valence-electron chi connectivity index (χ2n) is 5.58. The summed E-state index contributed by atoms with van der Waals surface area (Å²) < 4.78 is 28.7. The topological polar surface area (TPSA) is 90.0 Å². The summed E-state index contributed by atoms with van der Waals surface area (Å²) in [6, 6.07) is 9.57. The van der Waals surface area contributed by atoms with Crippen LogP contribution in [0.5, 0.6) is 0 Å². The van der Waals surface area contributed by atoms with E-state index in [-0.39, 0.29) is 16.9 Å². The minimum absolute atomic E-state index is 0.0178. The molecule has 0 spiro atoms. The zero-order chi connectivity index (χ0) is 18.8. The Morgan fingerprint density at radius 1 is 1.04 bits per heavy atom. The van der Waals surface area contributed by atoms with E-state index in [4.69, 9.17) is 5.73 Å². The number of rotatable bonds is 4. The molecule has 3 N–H and O–H groups in total. The first kappa shape index (κ1) is 17.3. The fourth-order valence-electron chi connectivity index (χ4n) is 2.46. The smallest absolute Gasteiger partial charge is 0.259 e. The minimum atomic E-state index is -0.769. The van der Waals surface area contributed by atoms with Gasteiger partial charge >= 0.3 is 0 Å². The molecule has 0 bridgehead atoms. The van der Waals surface area contributed by atoms with E-state index in [1.165, 1.54) is 47.3 Å². The summed E-state index contributed by atoms with van der Waals surface area (Å²) in [4.78, 5) is 23.7. The molecule has 6 nitrogen and oxygen atoms in total. The van der Waals surface area contributed by atoms with Gasteiger partial charge in [0.1, 0.15) is 17.2 Å². The van der Waals surface area contributed by atoms with Crippen molar-refractivity contribution in [1.82, 2.24) is 9.78 Å². The number of nitrogens with one attached hydrogen (secondary N) is 1. The SMILES string of the molecule is Cn1cc(C(N)=O)c(NC(=O)c2ccc(-c3ccc(F)cc3)cc2F)n1. The average molecular weight is 356 g/mol. The molecule has 2 aromatic carbocycles. The van der Waals surface area contributed by atoms with Crippen molar-refractivity contribution in [3.63, 3.8) is 0 Å². The third-order valence-electron chi connectivity index (χ3n) is 3.72. The van der Waals surface area contributed by atoms with Gasteiger partial charge in [-0.2, -0.15) is 5.10 Å². The Morgan fingerprint density at radius 2 is 1.69 bits per heavy atom. The van der Waals surface area contributed by atoms with Crippen molar-refractivity contribution in [3.05, 3.63) is 71.4 Å². The third-order valence-corrected chi connectivity index (χ3v) is 3.72. The summed E-state index contributed by atoms with van der Waals surface area (Å²) in [6.45, 7) is 0. The van der Waals surface area contributed by atoms with Crippen LogP contribution in [0.1, 0.15) is 20.7 Å². The van der Waals surface area contributed by atoms with Crippen LogP contribution in [0.25, 0.3) is 11.1 Å². The molecule has 0 aliphatic carbocycles. The summed E-state index contributed by atoms with van der Waals surface area (Å²) in [5.41, 5.74) is 6.12. The predicted molar refractivity (Wildman–Crippen MR) is 91.5 cm³/mol. The number of hydrogen-bond donors (Lipinski definition) is 2. The zero-order valence-electron chi connectivity index (χ0n) is 13.7. The molecule has 2 amide bonds. The molecular formula is C18H14F2N4O2. The van der Waals surface area contributed by atoms with Crippen molar-refractivity contribution < 1.29 is 18.4 Å². The molecule has 0 aliphatic rings. The number of amides is 2. The van der Waals surface area contributed by atoms with Gasteiger partial charge in [-0.1, -0.05) is 18.2 Å². The van der Waals surface area contributed by atoms with Crippen molar-refractivity contribution in [2.45, 2.75) is 0 Å². The van der Waals surface area contributed by atoms with E-state index in [9.17, 15) is 18.4 Å². The molecule has 132 valence electrons. The lowest BCUT2D eigenvalue weighted by atomic mass is 10.0. The van der Waals surface area contributed by atoms with Gasteiger partial charge in [0.25, 0.3) is 11.8 Å². The monoisotopic (exact) mass is 356 g/mol. The van der Waals surface area contributed by atoms with Crippen LogP contribution in [0, 0.1) is 11.6 Å². The predicted octanol–water partition coefficient (Wildman–Crippen LogP) is 2.72. The molecule has 0 aliphatic heterocycles. The molecule has 26 heavy (non-hydrogen) atoms. The number of nitrogens with zero attached hydrogens (tertiary/aromatic N) is 2. The van der Waals surface area contributed by atoms with Crippen LogP contribution >= 0.6 is 0 Å². The fraction of sp³-hybridized carbons (Fsp3) is 0.0556. The molecule has 0 radical (unpaired) electrons. The van der Waals surface area contributed by atoms with Gasteiger partial charge in [0.2, 0.25) is 0 Å². The summed E-state index contributed by atoms with van der Waals surface area (Å²) >= 11 is 0. The zero-order valence-corrected chi connectivity index (χ0v) is 13.7. The molecule has 8 heteroatoms. The lowest BCUT2D eigenvalue weighted by molar-refractivity contribution is 0.100. The molecule has 1 aromatic heterocycles. The number of hydrogen-bond acceptors (Lipinski definition) is 3. The van der Waals surface area contributed by atoms with Crippen LogP contribution in [0.2, 0.25) is 0 Å². The average Bonchev–Trinajstić information content (AvgIpc) is 2.96. The highest BCUT2D eigenvalue weighted by Gasteiger charge is 2.18. The highest BCUT2D eigenvalue weighted by Crippen LogP contribution is 2.23. The maximum absolute atomic E-state index is 14.4. The summed E-state index contributed by atoms with van der Waals surface area (Å²) in [5.74, 6) is -2.74. The molecule has 0 atom stereocenters. The van der Waals surface area contributed by atoms with E-state index in [2.05, 4.69) is 10.4 Å². The number of carbonyl (C=O) groups is 2. The Hall–Kier alpha value is -3.55. The van der Waals surface area contributed by atoms with E-state index >= 15 is 0 Å². The van der Waals surface area contributed by atoms with E-state index < -0.39 is 23.4 Å². The number of aromatic nitrogens is 2. The Balaban J connectivity index is 1.87. The van der Waals surface area contributed by atoms with Gasteiger partial charge in [-0.05, 0) is 35.4 Å².